The lowest BCUT2D eigenvalue weighted by Crippen LogP contribution is -2.44. The number of anilines is 1. The van der Waals surface area contributed by atoms with Crippen molar-refractivity contribution in [2.45, 2.75) is 13.0 Å². The van der Waals surface area contributed by atoms with Crippen molar-refractivity contribution >= 4 is 28.7 Å². The van der Waals surface area contributed by atoms with Crippen LogP contribution in [0.3, 0.4) is 0 Å². The first kappa shape index (κ1) is 15.5. The Balaban J connectivity index is 1.45. The summed E-state index contributed by atoms with van der Waals surface area (Å²) in [5.41, 5.74) is 7.21. The summed E-state index contributed by atoms with van der Waals surface area (Å²) in [6, 6.07) is 16.2. The van der Waals surface area contributed by atoms with E-state index >= 15 is 0 Å². The zero-order valence-corrected chi connectivity index (χ0v) is 12.9. The van der Waals surface area contributed by atoms with Crippen LogP contribution in [0.25, 0.3) is 11.0 Å². The van der Waals surface area contributed by atoms with Gasteiger partial charge in [-0.3, -0.25) is 10.2 Å². The third-order valence-corrected chi connectivity index (χ3v) is 3.45. The number of aromatic nitrogens is 2. The minimum absolute atomic E-state index is 0.228. The molecule has 3 N–H and O–H groups in total. The van der Waals surface area contributed by atoms with Crippen LogP contribution in [0.5, 0.6) is 0 Å². The molecule has 0 radical (unpaired) electrons. The van der Waals surface area contributed by atoms with E-state index in [-0.39, 0.29) is 12.3 Å². The predicted molar refractivity (Wildman–Crippen MR) is 91.1 cm³/mol. The summed E-state index contributed by atoms with van der Waals surface area (Å²) in [6.45, 7) is 0.480. The van der Waals surface area contributed by atoms with Crippen LogP contribution in [-0.2, 0) is 11.3 Å². The van der Waals surface area contributed by atoms with E-state index in [0.29, 0.717) is 12.2 Å². The van der Waals surface area contributed by atoms with Gasteiger partial charge in [-0.1, -0.05) is 30.3 Å². The fourth-order valence-electron chi connectivity index (χ4n) is 2.28. The number of hydrogen-bond donors (Lipinski definition) is 3. The number of aryl methyl sites for hydroxylation is 1. The van der Waals surface area contributed by atoms with E-state index in [1.165, 1.54) is 0 Å². The Morgan fingerprint density at radius 1 is 0.958 bits per heavy atom. The predicted octanol–water partition coefficient (Wildman–Crippen LogP) is 2.28. The quantitative estimate of drug-likeness (QED) is 0.644. The Bertz CT molecular complexity index is 844. The molecule has 0 aliphatic heterocycles. The molecule has 0 aliphatic carbocycles. The third-order valence-electron chi connectivity index (χ3n) is 3.45. The third kappa shape index (κ3) is 3.89. The van der Waals surface area contributed by atoms with Crippen molar-refractivity contribution in [1.29, 1.82) is 0 Å². The second kappa shape index (κ2) is 7.28. The Morgan fingerprint density at radius 3 is 2.54 bits per heavy atom. The highest BCUT2D eigenvalue weighted by Gasteiger charge is 2.07. The van der Waals surface area contributed by atoms with Gasteiger partial charge in [-0.25, -0.2) is 15.2 Å². The lowest BCUT2D eigenvalue weighted by Gasteiger charge is -2.09. The molecule has 0 fully saturated rings. The number of benzene rings is 2. The van der Waals surface area contributed by atoms with Gasteiger partial charge in [0.25, 0.3) is 0 Å². The maximum absolute atomic E-state index is 11.8. The van der Waals surface area contributed by atoms with Crippen LogP contribution < -0.4 is 16.2 Å². The SMILES string of the molecule is O=C(CCn1cnc2ccccc21)NNC(=O)Nc1ccccc1. The fraction of sp³-hybridized carbons (Fsp3) is 0.118. The largest absolute Gasteiger partial charge is 0.337 e. The number of hydrazine groups is 1. The smallest absolute Gasteiger partial charge is 0.330 e. The molecule has 0 spiro atoms. The van der Waals surface area contributed by atoms with Crippen molar-refractivity contribution in [1.82, 2.24) is 20.4 Å². The Hall–Kier alpha value is -3.35. The number of amides is 3. The minimum atomic E-state index is -0.498. The second-order valence-corrected chi connectivity index (χ2v) is 5.17. The second-order valence-electron chi connectivity index (χ2n) is 5.17. The van der Waals surface area contributed by atoms with Crippen LogP contribution >= 0.6 is 0 Å². The van der Waals surface area contributed by atoms with E-state index in [9.17, 15) is 9.59 Å². The molecule has 0 saturated heterocycles. The molecule has 2 aromatic carbocycles. The Morgan fingerprint density at radius 2 is 1.71 bits per heavy atom. The molecule has 0 atom stereocenters. The molecule has 0 saturated carbocycles. The molecule has 0 bridgehead atoms. The summed E-state index contributed by atoms with van der Waals surface area (Å²) >= 11 is 0. The van der Waals surface area contributed by atoms with Crippen molar-refractivity contribution < 1.29 is 9.59 Å². The van der Waals surface area contributed by atoms with Crippen LogP contribution in [0, 0.1) is 0 Å². The molecule has 7 heteroatoms. The number of carbonyl (C=O) groups excluding carboxylic acids is 2. The molecule has 3 rings (SSSR count). The Kier molecular flexibility index (Phi) is 4.71. The number of carbonyl (C=O) groups is 2. The van der Waals surface area contributed by atoms with Gasteiger partial charge < -0.3 is 9.88 Å². The summed E-state index contributed by atoms with van der Waals surface area (Å²) in [6.07, 6.45) is 1.93. The van der Waals surface area contributed by atoms with E-state index in [1.807, 2.05) is 47.0 Å². The van der Waals surface area contributed by atoms with E-state index in [0.717, 1.165) is 11.0 Å². The summed E-state index contributed by atoms with van der Waals surface area (Å²) in [5, 5.41) is 2.61. The monoisotopic (exact) mass is 323 g/mol. The molecule has 0 unspecified atom stereocenters. The zero-order chi connectivity index (χ0) is 16.8. The average Bonchev–Trinajstić information content (AvgIpc) is 3.02. The molecule has 24 heavy (non-hydrogen) atoms. The molecule has 3 amide bonds. The summed E-state index contributed by atoms with van der Waals surface area (Å²) < 4.78 is 1.90. The van der Waals surface area contributed by atoms with Crippen LogP contribution in [0.1, 0.15) is 6.42 Å². The first-order chi connectivity index (χ1) is 11.7. The molecule has 1 heterocycles. The van der Waals surface area contributed by atoms with E-state index < -0.39 is 6.03 Å². The summed E-state index contributed by atoms with van der Waals surface area (Å²) in [5.74, 6) is -0.281. The number of rotatable bonds is 4. The molecular formula is C17H17N5O2. The standard InChI is InChI=1S/C17H17N5O2/c23-16(20-21-17(24)19-13-6-2-1-3-7-13)10-11-22-12-18-14-8-4-5-9-15(14)22/h1-9,12H,10-11H2,(H,20,23)(H2,19,21,24). The van der Waals surface area contributed by atoms with Gasteiger partial charge in [-0.2, -0.15) is 0 Å². The lowest BCUT2D eigenvalue weighted by atomic mass is 10.3. The number of fused-ring (bicyclic) bond motifs is 1. The van der Waals surface area contributed by atoms with E-state index in [1.54, 1.807) is 18.5 Å². The molecule has 1 aromatic heterocycles. The topological polar surface area (TPSA) is 88.1 Å². The van der Waals surface area contributed by atoms with Gasteiger partial charge >= 0.3 is 6.03 Å². The lowest BCUT2D eigenvalue weighted by molar-refractivity contribution is -0.121. The van der Waals surface area contributed by atoms with E-state index in [2.05, 4.69) is 21.2 Å². The average molecular weight is 323 g/mol. The van der Waals surface area contributed by atoms with Gasteiger partial charge in [-0.15, -0.1) is 0 Å². The number of hydrogen-bond acceptors (Lipinski definition) is 3. The van der Waals surface area contributed by atoms with Gasteiger partial charge in [0.1, 0.15) is 0 Å². The maximum Gasteiger partial charge on any atom is 0.337 e. The number of para-hydroxylation sites is 3. The first-order valence-electron chi connectivity index (χ1n) is 7.53. The summed E-state index contributed by atoms with van der Waals surface area (Å²) in [4.78, 5) is 27.8. The van der Waals surface area contributed by atoms with Gasteiger partial charge in [0.2, 0.25) is 5.91 Å². The van der Waals surface area contributed by atoms with Crippen molar-refractivity contribution in [3.8, 4) is 0 Å². The number of nitrogens with one attached hydrogen (secondary N) is 3. The van der Waals surface area contributed by atoms with Crippen LogP contribution in [0.15, 0.2) is 60.9 Å². The zero-order valence-electron chi connectivity index (χ0n) is 12.9. The molecular weight excluding hydrogens is 306 g/mol. The van der Waals surface area contributed by atoms with Gasteiger partial charge in [0.15, 0.2) is 0 Å². The number of urea groups is 1. The highest BCUT2D eigenvalue weighted by atomic mass is 16.2. The van der Waals surface area contributed by atoms with E-state index in [4.69, 9.17) is 0 Å². The van der Waals surface area contributed by atoms with Crippen molar-refractivity contribution in [2.24, 2.45) is 0 Å². The van der Waals surface area contributed by atoms with Crippen LogP contribution in [-0.4, -0.2) is 21.5 Å². The van der Waals surface area contributed by atoms with Gasteiger partial charge in [0, 0.05) is 18.7 Å². The highest BCUT2D eigenvalue weighted by Crippen LogP contribution is 2.11. The number of nitrogens with zero attached hydrogens (tertiary/aromatic N) is 2. The first-order valence-corrected chi connectivity index (χ1v) is 7.53. The molecule has 3 aromatic rings. The number of imidazole rings is 1. The van der Waals surface area contributed by atoms with Gasteiger partial charge in [0.05, 0.1) is 17.4 Å². The van der Waals surface area contributed by atoms with Crippen LogP contribution in [0.4, 0.5) is 10.5 Å². The van der Waals surface area contributed by atoms with Crippen molar-refractivity contribution in [3.63, 3.8) is 0 Å². The minimum Gasteiger partial charge on any atom is -0.330 e. The summed E-state index contributed by atoms with van der Waals surface area (Å²) in [7, 11) is 0. The fourth-order valence-corrected chi connectivity index (χ4v) is 2.28. The highest BCUT2D eigenvalue weighted by molar-refractivity contribution is 5.90. The van der Waals surface area contributed by atoms with Crippen LogP contribution in [0.2, 0.25) is 0 Å². The normalized spacial score (nSPS) is 10.3. The maximum atomic E-state index is 11.8. The van der Waals surface area contributed by atoms with Crippen molar-refractivity contribution in [3.05, 3.63) is 60.9 Å². The van der Waals surface area contributed by atoms with Gasteiger partial charge in [-0.05, 0) is 24.3 Å². The van der Waals surface area contributed by atoms with Crippen molar-refractivity contribution in [2.75, 3.05) is 5.32 Å². The molecule has 0 aliphatic rings. The molecule has 122 valence electrons. The molecule has 7 nitrogen and oxygen atoms in total. The Labute approximate surface area is 138 Å².